The van der Waals surface area contributed by atoms with Gasteiger partial charge >= 0.3 is 0 Å². The summed E-state index contributed by atoms with van der Waals surface area (Å²) in [6.45, 7) is 5.51. The summed E-state index contributed by atoms with van der Waals surface area (Å²) in [6.07, 6.45) is 3.65. The molecular weight excluding hydrogens is 450 g/mol. The Morgan fingerprint density at radius 2 is 2.09 bits per heavy atom. The molecule has 2 atom stereocenters. The summed E-state index contributed by atoms with van der Waals surface area (Å²) in [5.74, 6) is 0. The molecule has 0 spiro atoms. The number of rotatable bonds is 5. The van der Waals surface area contributed by atoms with Gasteiger partial charge in [0.25, 0.3) is 0 Å². The maximum Gasteiger partial charge on any atom is 0.211 e. The average molecular weight is 480 g/mol. The van der Waals surface area contributed by atoms with Gasteiger partial charge in [0.05, 0.1) is 30.7 Å². The Morgan fingerprint density at radius 3 is 2.88 bits per heavy atom. The van der Waals surface area contributed by atoms with Crippen LogP contribution in [-0.2, 0) is 19.7 Å². The highest BCUT2D eigenvalue weighted by Gasteiger charge is 2.39. The molecule has 11 heteroatoms. The van der Waals surface area contributed by atoms with E-state index in [1.165, 1.54) is 18.0 Å². The van der Waals surface area contributed by atoms with E-state index in [0.29, 0.717) is 26.1 Å². The molecule has 2 fully saturated rings. The van der Waals surface area contributed by atoms with Crippen LogP contribution in [0.1, 0.15) is 12.0 Å². The van der Waals surface area contributed by atoms with Gasteiger partial charge in [0.15, 0.2) is 0 Å². The third-order valence-corrected chi connectivity index (χ3v) is 8.97. The number of hydrogen-bond donors (Lipinski definition) is 2. The average Bonchev–Trinajstić information content (AvgIpc) is 3.41. The Hall–Kier alpha value is -1.63. The first-order valence-corrected chi connectivity index (χ1v) is 13.6. The van der Waals surface area contributed by atoms with Crippen LogP contribution >= 0.6 is 11.8 Å². The van der Waals surface area contributed by atoms with Gasteiger partial charge < -0.3 is 14.7 Å². The number of fused-ring (bicyclic) bond motifs is 1. The predicted octanol–water partition coefficient (Wildman–Crippen LogP) is 0.964. The van der Waals surface area contributed by atoms with E-state index in [9.17, 15) is 13.5 Å². The largest absolute Gasteiger partial charge is 0.374 e. The topological polar surface area (TPSA) is 102 Å². The Labute approximate surface area is 192 Å². The number of aromatic nitrogens is 2. The standard InChI is InChI=1S/C21H29N5O4S2/c1-32(28,29)26-7-5-24(6-8-26)13-17-14-25(9-10-30-17)16-11-21(27,31-15-16)19-3-2-4-20-18(19)12-22-23-20/h2-4,12,15,17,27H,5-11,13-14H2,1H3,(H,22,23). The molecular formula is C21H29N5O4S2. The molecule has 0 bridgehead atoms. The normalized spacial score (nSPS) is 28.4. The minimum absolute atomic E-state index is 0.0606. The SMILES string of the molecule is CS(=O)(=O)N1CCN(CC2CN(C3=CSC(O)(c4cccc5[nH]ncc45)C3)CCO2)CC1. The Kier molecular flexibility index (Phi) is 5.97. The van der Waals surface area contributed by atoms with Crippen molar-refractivity contribution in [1.29, 1.82) is 0 Å². The molecule has 2 saturated heterocycles. The van der Waals surface area contributed by atoms with E-state index in [2.05, 4.69) is 25.4 Å². The fourth-order valence-electron chi connectivity index (χ4n) is 4.77. The predicted molar refractivity (Wildman–Crippen MR) is 124 cm³/mol. The number of morpholine rings is 1. The molecule has 0 aliphatic carbocycles. The van der Waals surface area contributed by atoms with Gasteiger partial charge in [0.2, 0.25) is 10.0 Å². The third kappa shape index (κ3) is 4.42. The number of aromatic amines is 1. The first-order valence-electron chi connectivity index (χ1n) is 10.9. The van der Waals surface area contributed by atoms with Crippen LogP contribution in [0.4, 0.5) is 0 Å². The van der Waals surface area contributed by atoms with Crippen LogP contribution in [0.15, 0.2) is 35.5 Å². The van der Waals surface area contributed by atoms with Crippen molar-refractivity contribution in [2.45, 2.75) is 17.5 Å². The number of ether oxygens (including phenoxy) is 1. The first-order chi connectivity index (χ1) is 15.3. The van der Waals surface area contributed by atoms with E-state index in [1.54, 1.807) is 10.5 Å². The molecule has 2 aromatic rings. The molecule has 2 N–H and O–H groups in total. The fraction of sp³-hybridized carbons (Fsp3) is 0.571. The van der Waals surface area contributed by atoms with E-state index in [-0.39, 0.29) is 6.10 Å². The molecule has 0 amide bonds. The molecule has 4 heterocycles. The number of thioether (sulfide) groups is 1. The Morgan fingerprint density at radius 1 is 1.28 bits per heavy atom. The van der Waals surface area contributed by atoms with Crippen molar-refractivity contribution in [3.05, 3.63) is 41.1 Å². The first kappa shape index (κ1) is 22.2. The lowest BCUT2D eigenvalue weighted by atomic mass is 10.0. The Balaban J connectivity index is 1.20. The zero-order chi connectivity index (χ0) is 22.3. The van der Waals surface area contributed by atoms with Crippen LogP contribution in [0.5, 0.6) is 0 Å². The van der Waals surface area contributed by atoms with E-state index < -0.39 is 15.0 Å². The van der Waals surface area contributed by atoms with Crippen molar-refractivity contribution in [2.24, 2.45) is 0 Å². The molecule has 1 aromatic heterocycles. The van der Waals surface area contributed by atoms with Gasteiger partial charge in [-0.3, -0.25) is 10.00 Å². The quantitative estimate of drug-likeness (QED) is 0.654. The number of hydrogen-bond acceptors (Lipinski definition) is 8. The van der Waals surface area contributed by atoms with Gasteiger partial charge in [-0.25, -0.2) is 8.42 Å². The highest BCUT2D eigenvalue weighted by atomic mass is 32.2. The van der Waals surface area contributed by atoms with Crippen molar-refractivity contribution in [3.8, 4) is 0 Å². The zero-order valence-corrected chi connectivity index (χ0v) is 19.7. The molecule has 3 aliphatic heterocycles. The molecule has 5 rings (SSSR count). The fourth-order valence-corrected chi connectivity index (χ4v) is 6.70. The molecule has 32 heavy (non-hydrogen) atoms. The summed E-state index contributed by atoms with van der Waals surface area (Å²) in [5, 5.41) is 21.6. The van der Waals surface area contributed by atoms with Crippen LogP contribution in [0.25, 0.3) is 10.9 Å². The molecule has 9 nitrogen and oxygen atoms in total. The molecule has 2 unspecified atom stereocenters. The highest BCUT2D eigenvalue weighted by Crippen LogP contribution is 2.49. The van der Waals surface area contributed by atoms with Gasteiger partial charge in [-0.05, 0) is 11.5 Å². The maximum atomic E-state index is 11.7. The minimum Gasteiger partial charge on any atom is -0.374 e. The van der Waals surface area contributed by atoms with Crippen molar-refractivity contribution < 1.29 is 18.3 Å². The number of H-pyrrole nitrogens is 1. The molecule has 0 saturated carbocycles. The van der Waals surface area contributed by atoms with Gasteiger partial charge in [-0.2, -0.15) is 9.40 Å². The van der Waals surface area contributed by atoms with Crippen molar-refractivity contribution in [2.75, 3.05) is 58.7 Å². The van der Waals surface area contributed by atoms with Gasteiger partial charge in [-0.15, -0.1) is 0 Å². The summed E-state index contributed by atoms with van der Waals surface area (Å²) in [4.78, 5) is 3.60. The van der Waals surface area contributed by atoms with Crippen molar-refractivity contribution in [1.82, 2.24) is 24.3 Å². The van der Waals surface area contributed by atoms with E-state index in [4.69, 9.17) is 4.74 Å². The smallest absolute Gasteiger partial charge is 0.211 e. The summed E-state index contributed by atoms with van der Waals surface area (Å²) in [7, 11) is -3.12. The summed E-state index contributed by atoms with van der Waals surface area (Å²) >= 11 is 1.45. The number of piperazine rings is 1. The molecule has 0 radical (unpaired) electrons. The highest BCUT2D eigenvalue weighted by molar-refractivity contribution is 8.03. The number of sulfonamides is 1. The van der Waals surface area contributed by atoms with Gasteiger partial charge in [0.1, 0.15) is 4.93 Å². The summed E-state index contributed by atoms with van der Waals surface area (Å²) in [6, 6.07) is 5.88. The minimum atomic E-state index is -3.12. The van der Waals surface area contributed by atoms with Gasteiger partial charge in [0, 0.05) is 68.9 Å². The Bertz CT molecular complexity index is 1110. The van der Waals surface area contributed by atoms with Gasteiger partial charge in [-0.1, -0.05) is 23.9 Å². The number of nitrogens with one attached hydrogen (secondary N) is 1. The van der Waals surface area contributed by atoms with Crippen LogP contribution in [0.2, 0.25) is 0 Å². The maximum absolute atomic E-state index is 11.7. The van der Waals surface area contributed by atoms with Crippen LogP contribution in [0.3, 0.4) is 0 Å². The second-order valence-corrected chi connectivity index (χ2v) is 11.9. The zero-order valence-electron chi connectivity index (χ0n) is 18.1. The lowest BCUT2D eigenvalue weighted by Gasteiger charge is -2.40. The lowest BCUT2D eigenvalue weighted by Crippen LogP contribution is -2.53. The number of benzene rings is 1. The molecule has 174 valence electrons. The van der Waals surface area contributed by atoms with E-state index >= 15 is 0 Å². The van der Waals surface area contributed by atoms with Crippen LogP contribution in [-0.4, -0.2) is 103 Å². The van der Waals surface area contributed by atoms with Crippen molar-refractivity contribution in [3.63, 3.8) is 0 Å². The summed E-state index contributed by atoms with van der Waals surface area (Å²) in [5.41, 5.74) is 2.94. The van der Waals surface area contributed by atoms with E-state index in [0.717, 1.165) is 54.9 Å². The number of aliphatic hydroxyl groups is 1. The second kappa shape index (κ2) is 8.62. The molecule has 3 aliphatic rings. The second-order valence-electron chi connectivity index (χ2n) is 8.73. The van der Waals surface area contributed by atoms with Crippen LogP contribution in [0, 0.1) is 0 Å². The summed E-state index contributed by atoms with van der Waals surface area (Å²) < 4.78 is 31.0. The van der Waals surface area contributed by atoms with E-state index in [1.807, 2.05) is 18.2 Å². The van der Waals surface area contributed by atoms with Crippen LogP contribution < -0.4 is 0 Å². The molecule has 1 aromatic carbocycles. The lowest BCUT2D eigenvalue weighted by molar-refractivity contribution is -0.0387. The monoisotopic (exact) mass is 479 g/mol. The third-order valence-electron chi connectivity index (χ3n) is 6.52. The number of nitrogens with zero attached hydrogens (tertiary/aromatic N) is 4. The van der Waals surface area contributed by atoms with Crippen molar-refractivity contribution >= 4 is 32.7 Å².